The molecule has 21 rings (SSSR count). The third kappa shape index (κ3) is 18.4. The van der Waals surface area contributed by atoms with Crippen molar-refractivity contribution in [1.29, 1.82) is 0 Å². The summed E-state index contributed by atoms with van der Waals surface area (Å²) >= 11 is 0. The maximum Gasteiger partial charge on any atom is 0.303 e. The Hall–Kier alpha value is -1.89. The van der Waals surface area contributed by atoms with Gasteiger partial charge in [-0.25, -0.2) is 0 Å². The molecule has 36 heteroatoms. The Kier molecular flexibility index (Phi) is 34.2. The minimum absolute atomic E-state index is 0.0509. The molecule has 0 unspecified atom stereocenters. The number of ether oxygens (including phenoxy) is 35. The molecule has 0 aromatic rings. The van der Waals surface area contributed by atoms with E-state index in [9.17, 15) is 4.79 Å². The highest BCUT2D eigenvalue weighted by molar-refractivity contribution is 5.66. The van der Waals surface area contributed by atoms with Crippen LogP contribution in [0.1, 0.15) is 6.92 Å². The van der Waals surface area contributed by atoms with Gasteiger partial charge in [-0.15, -0.1) is 0 Å². The summed E-state index contributed by atoms with van der Waals surface area (Å²) in [5.41, 5.74) is 0. The molecule has 14 bridgehead atoms. The fraction of sp³-hybridized carbons (Fsp3) is 0.984. The van der Waals surface area contributed by atoms with Gasteiger partial charge in [-0.05, 0) is 0 Å². The van der Waals surface area contributed by atoms with E-state index in [0.717, 1.165) is 0 Å². The van der Waals surface area contributed by atoms with Crippen LogP contribution in [-0.2, 0) is 171 Å². The van der Waals surface area contributed by atoms with E-state index < -0.39 is 221 Å². The molecule has 0 spiro atoms. The van der Waals surface area contributed by atoms with Crippen LogP contribution in [0, 0.1) is 0 Å². The molecule has 35 atom stereocenters. The van der Waals surface area contributed by atoms with E-state index in [1.165, 1.54) is 149 Å². The van der Waals surface area contributed by atoms with E-state index in [4.69, 9.17) is 166 Å². The predicted molar refractivity (Wildman–Crippen MR) is 334 cm³/mol. The molecule has 21 saturated heterocycles. The Balaban J connectivity index is 1.25. The molecule has 0 saturated carbocycles. The zero-order chi connectivity index (χ0) is 72.5. The van der Waals surface area contributed by atoms with E-state index in [1.54, 1.807) is 0 Å². The zero-order valence-electron chi connectivity index (χ0n) is 61.4. The second-order valence-electron chi connectivity index (χ2n) is 24.9. The molecule has 0 amide bonds. The highest BCUT2D eigenvalue weighted by Gasteiger charge is 2.62. The molecule has 0 radical (unpaired) electrons. The molecular formula is C64H112O36. The summed E-state index contributed by atoms with van der Waals surface area (Å²) < 4.78 is 226. The molecular weight excluding hydrogens is 1340 g/mol. The maximum absolute atomic E-state index is 13.4. The molecule has 100 heavy (non-hydrogen) atoms. The molecule has 0 aliphatic carbocycles. The van der Waals surface area contributed by atoms with Crippen LogP contribution in [0.2, 0.25) is 0 Å². The normalized spacial score (nSPS) is 45.3. The van der Waals surface area contributed by atoms with Gasteiger partial charge in [0.2, 0.25) is 0 Å². The lowest BCUT2D eigenvalue weighted by molar-refractivity contribution is -0.402. The molecule has 21 fully saturated rings. The van der Waals surface area contributed by atoms with E-state index in [1.807, 2.05) is 0 Å². The summed E-state index contributed by atoms with van der Waals surface area (Å²) in [5.74, 6) is -0.713. The van der Waals surface area contributed by atoms with Crippen LogP contribution in [0.25, 0.3) is 0 Å². The van der Waals surface area contributed by atoms with Gasteiger partial charge in [0.05, 0.1) is 46.2 Å². The molecule has 0 N–H and O–H groups in total. The summed E-state index contributed by atoms with van der Waals surface area (Å²) in [7, 11) is 29.7. The number of carbonyl (C=O) groups is 1. The van der Waals surface area contributed by atoms with Crippen molar-refractivity contribution in [3.05, 3.63) is 0 Å². The monoisotopic (exact) mass is 1460 g/mol. The summed E-state index contributed by atoms with van der Waals surface area (Å²) in [6.45, 7) is 0.687. The van der Waals surface area contributed by atoms with Gasteiger partial charge in [0.15, 0.2) is 50.1 Å². The van der Waals surface area contributed by atoms with Crippen molar-refractivity contribution in [3.8, 4) is 0 Å². The van der Waals surface area contributed by atoms with Crippen molar-refractivity contribution >= 4 is 5.97 Å². The summed E-state index contributed by atoms with van der Waals surface area (Å²) in [6, 6.07) is 0. The van der Waals surface area contributed by atoms with Crippen LogP contribution in [0.5, 0.6) is 0 Å². The number of hydrogen-bond acceptors (Lipinski definition) is 36. The SMILES string of the molecule is COC[C@H]1O[C@@H]2O[C@H]3[C@H](OC)[C@@H](OC)[C@@H](O[C@H]4[C@H](OC)[C@@H](OC)[C@@H](O[C@H]5[C@H](OC)[C@@H](OC)[C@@H](O[C@H]6[C@H](OC)[C@@H](OC(C)=O)[C@@H](O[C@H]7[C@H](OC)[C@@H](OC)[C@@H](O[C@H]8[C@H](OC)[C@@H](OC)[C@@H](O[C@H]1[C@H](OC)[C@H]2OC)O[C@@H]8COC)O[C@@H]7COC)O[C@@H]6COC)O[C@@H]5COC)O[C@@H]4COC)O[C@@H]3COC. The van der Waals surface area contributed by atoms with Gasteiger partial charge in [0.25, 0.3) is 0 Å². The van der Waals surface area contributed by atoms with Crippen LogP contribution in [0.3, 0.4) is 0 Å². The fourth-order valence-electron chi connectivity index (χ4n) is 14.9. The van der Waals surface area contributed by atoms with Crippen molar-refractivity contribution in [2.24, 2.45) is 0 Å². The predicted octanol–water partition coefficient (Wildman–Crippen LogP) is -1.58. The number of rotatable bonds is 28. The highest BCUT2D eigenvalue weighted by atomic mass is 16.8. The molecule has 21 aliphatic rings. The average Bonchev–Trinajstić information content (AvgIpc) is 0.769. The first-order chi connectivity index (χ1) is 48.5. The lowest BCUT2D eigenvalue weighted by Gasteiger charge is -2.52. The van der Waals surface area contributed by atoms with E-state index in [0.29, 0.717) is 0 Å². The minimum atomic E-state index is -1.45. The first kappa shape index (κ1) is 83.7. The average molecular weight is 1460 g/mol. The molecule has 36 nitrogen and oxygen atoms in total. The van der Waals surface area contributed by atoms with Crippen LogP contribution in [-0.4, -0.2) is 409 Å². The summed E-state index contributed by atoms with van der Waals surface area (Å²) in [4.78, 5) is 13.4. The number of esters is 1. The highest BCUT2D eigenvalue weighted by Crippen LogP contribution is 2.43. The summed E-state index contributed by atoms with van der Waals surface area (Å²) in [6.07, 6.45) is -38.3. The van der Waals surface area contributed by atoms with Gasteiger partial charge >= 0.3 is 5.97 Å². The van der Waals surface area contributed by atoms with Crippen LogP contribution in [0.15, 0.2) is 0 Å². The molecule has 0 aromatic heterocycles. The van der Waals surface area contributed by atoms with Crippen molar-refractivity contribution in [2.45, 2.75) is 222 Å². The summed E-state index contributed by atoms with van der Waals surface area (Å²) in [5, 5.41) is 0. The van der Waals surface area contributed by atoms with Gasteiger partial charge in [0.1, 0.15) is 165 Å². The van der Waals surface area contributed by atoms with E-state index in [2.05, 4.69) is 0 Å². The van der Waals surface area contributed by atoms with Crippen LogP contribution in [0.4, 0.5) is 0 Å². The van der Waals surface area contributed by atoms with Gasteiger partial charge in [0, 0.05) is 149 Å². The van der Waals surface area contributed by atoms with Gasteiger partial charge in [-0.1, -0.05) is 0 Å². The third-order valence-corrected chi connectivity index (χ3v) is 19.3. The Bertz CT molecular complexity index is 2310. The second kappa shape index (κ2) is 40.9. The largest absolute Gasteiger partial charge is 0.454 e. The minimum Gasteiger partial charge on any atom is -0.454 e. The number of methoxy groups -OCH3 is 20. The van der Waals surface area contributed by atoms with Crippen LogP contribution < -0.4 is 0 Å². The van der Waals surface area contributed by atoms with Crippen LogP contribution >= 0.6 is 0 Å². The molecule has 0 aromatic carbocycles. The topological polar surface area (TPSA) is 340 Å². The van der Waals surface area contributed by atoms with Gasteiger partial charge < -0.3 is 166 Å². The Labute approximate surface area is 585 Å². The van der Waals surface area contributed by atoms with Crippen molar-refractivity contribution < 1.29 is 171 Å². The quantitative estimate of drug-likeness (QED) is 0.0798. The number of hydrogen-bond donors (Lipinski definition) is 0. The van der Waals surface area contributed by atoms with Gasteiger partial charge in [-0.2, -0.15) is 0 Å². The van der Waals surface area contributed by atoms with Crippen molar-refractivity contribution in [2.75, 3.05) is 188 Å². The number of carbonyl (C=O) groups excluding carboxylic acids is 1. The molecule has 584 valence electrons. The Morgan fingerprint density at radius 3 is 0.450 bits per heavy atom. The van der Waals surface area contributed by atoms with E-state index >= 15 is 0 Å². The zero-order valence-corrected chi connectivity index (χ0v) is 61.4. The van der Waals surface area contributed by atoms with E-state index in [-0.39, 0.29) is 46.2 Å². The molecule has 21 aliphatic heterocycles. The van der Waals surface area contributed by atoms with Crippen molar-refractivity contribution in [1.82, 2.24) is 0 Å². The molecule has 21 heterocycles. The Morgan fingerprint density at radius 2 is 0.330 bits per heavy atom. The smallest absolute Gasteiger partial charge is 0.303 e. The van der Waals surface area contributed by atoms with Gasteiger partial charge in [-0.3, -0.25) is 4.79 Å². The second-order valence-corrected chi connectivity index (χ2v) is 24.9. The maximum atomic E-state index is 13.4. The Morgan fingerprint density at radius 1 is 0.200 bits per heavy atom. The first-order valence-corrected chi connectivity index (χ1v) is 33.2. The fourth-order valence-corrected chi connectivity index (χ4v) is 14.9. The first-order valence-electron chi connectivity index (χ1n) is 33.2. The van der Waals surface area contributed by atoms with Crippen molar-refractivity contribution in [3.63, 3.8) is 0 Å². The standard InChI is InChI=1S/C64H112O36/c1-29(65)86-57-50(79-15)43-36(28-72-8)93-64(57)100-42-35(27-71-7)92-62(56(85-21)49(42)78-14)98-40-33(25-69-5)90-60(54(83-19)47(40)76-12)96-38-31(23-67-3)88-58(52(81-17)45(38)74-10)94-37-30(22-66-2)87-59(51(80-16)44(37)73-9)95-39-32(24-68-4)89-61(53(82-18)46(39)75-11)97-41-34(26-70-6)91-63(99-43)55(84-20)48(41)77-13/h30-64H,22-28H2,1-21H3/t30-,31-,32-,33-,34-,35-,36-,37-,38-,39-,40-,41-,42-,43-,44+,45+,46+,47+,48+,49+,50+,51-,52-,53-,54-,55-,56-,57-,58-,59-,60-,61-,62-,63-,64-/m1/s1. The lowest BCUT2D eigenvalue weighted by atomic mass is 9.94. The third-order valence-electron chi connectivity index (χ3n) is 19.3. The lowest BCUT2D eigenvalue weighted by Crippen LogP contribution is -2.69.